The Morgan fingerprint density at radius 3 is 2.00 bits per heavy atom. The lowest BCUT2D eigenvalue weighted by Gasteiger charge is -2.33. The van der Waals surface area contributed by atoms with E-state index in [4.69, 9.17) is 21.8 Å². The third kappa shape index (κ3) is 4.25. The molecule has 0 spiro atoms. The van der Waals surface area contributed by atoms with Gasteiger partial charge < -0.3 is 4.90 Å². The number of benzene rings is 7. The van der Waals surface area contributed by atoms with Crippen LogP contribution in [-0.2, 0) is 0 Å². The Bertz CT molecular complexity index is 2950. The van der Waals surface area contributed by atoms with Crippen LogP contribution in [0.4, 0.5) is 17.1 Å². The minimum Gasteiger partial charge on any atom is -0.309 e. The van der Waals surface area contributed by atoms with Crippen LogP contribution in [0, 0.1) is 0 Å². The first-order valence-electron chi connectivity index (χ1n) is 18.1. The molecule has 7 aromatic carbocycles. The fourth-order valence-corrected chi connectivity index (χ4v) is 7.91. The Kier molecular flexibility index (Phi) is 4.98. The summed E-state index contributed by atoms with van der Waals surface area (Å²) in [7, 11) is 0. The molecule has 0 radical (unpaired) electrons. The first-order valence-corrected chi connectivity index (χ1v) is 16.4. The molecule has 1 aliphatic heterocycles. The highest BCUT2D eigenvalue weighted by atomic mass is 32.1. The van der Waals surface area contributed by atoms with E-state index in [9.17, 15) is 0 Å². The molecule has 0 saturated carbocycles. The van der Waals surface area contributed by atoms with Crippen LogP contribution in [0.2, 0.25) is 0 Å². The maximum Gasteiger partial charge on any atom is 0.164 e. The molecule has 0 saturated heterocycles. The second-order valence-electron chi connectivity index (χ2n) is 11.7. The SMILES string of the molecule is [2H]c1c([2H])c([2H])c(-c2nc(-c3ccc(N4c5ccccc5-c5cccc6cccc4c56)cc3)nc(-c3ccc4c(c3)sc3ccccc34)n2)c([2H])c1[2H]. The highest BCUT2D eigenvalue weighted by Gasteiger charge is 2.25. The van der Waals surface area contributed by atoms with Gasteiger partial charge in [-0.3, -0.25) is 0 Å². The van der Waals surface area contributed by atoms with Gasteiger partial charge in [0.1, 0.15) is 0 Å². The summed E-state index contributed by atoms with van der Waals surface area (Å²) in [5, 5.41) is 4.66. The second kappa shape index (κ2) is 10.7. The van der Waals surface area contributed by atoms with Crippen molar-refractivity contribution in [2.45, 2.75) is 0 Å². The van der Waals surface area contributed by atoms with Crippen LogP contribution in [0.15, 0.2) is 158 Å². The Morgan fingerprint density at radius 1 is 0.500 bits per heavy atom. The summed E-state index contributed by atoms with van der Waals surface area (Å²) < 4.78 is 44.5. The number of anilines is 3. The minimum atomic E-state index is -0.471. The van der Waals surface area contributed by atoms with Crippen molar-refractivity contribution in [1.29, 1.82) is 0 Å². The summed E-state index contributed by atoms with van der Waals surface area (Å²) in [6.45, 7) is 0. The zero-order valence-corrected chi connectivity index (χ0v) is 26.1. The third-order valence-electron chi connectivity index (χ3n) is 8.94. The minimum absolute atomic E-state index is 0.00996. The molecule has 0 fully saturated rings. The van der Waals surface area contributed by atoms with Crippen molar-refractivity contribution in [1.82, 2.24) is 15.0 Å². The van der Waals surface area contributed by atoms with Crippen molar-refractivity contribution in [2.75, 3.05) is 4.90 Å². The predicted molar refractivity (Wildman–Crippen MR) is 200 cm³/mol. The van der Waals surface area contributed by atoms with Crippen molar-refractivity contribution in [3.8, 4) is 45.3 Å². The number of hydrogen-bond acceptors (Lipinski definition) is 5. The zero-order valence-electron chi connectivity index (χ0n) is 30.3. The maximum absolute atomic E-state index is 8.72. The number of aromatic nitrogens is 3. The topological polar surface area (TPSA) is 41.9 Å². The quantitative estimate of drug-likeness (QED) is 0.193. The van der Waals surface area contributed by atoms with E-state index in [1.54, 1.807) is 11.3 Å². The molecule has 224 valence electrons. The van der Waals surface area contributed by atoms with Gasteiger partial charge in [-0.25, -0.2) is 15.0 Å². The Labute approximate surface area is 288 Å². The van der Waals surface area contributed by atoms with Gasteiger partial charge in [-0.05, 0) is 59.5 Å². The van der Waals surface area contributed by atoms with Crippen LogP contribution in [0.25, 0.3) is 76.2 Å². The number of rotatable bonds is 4. The van der Waals surface area contributed by atoms with Gasteiger partial charge in [0, 0.05) is 53.5 Å². The van der Waals surface area contributed by atoms with E-state index in [1.807, 2.05) is 48.5 Å². The lowest BCUT2D eigenvalue weighted by atomic mass is 9.91. The van der Waals surface area contributed by atoms with Crippen LogP contribution < -0.4 is 4.90 Å². The van der Waals surface area contributed by atoms with E-state index in [0.717, 1.165) is 38.3 Å². The van der Waals surface area contributed by atoms with Crippen LogP contribution in [0.5, 0.6) is 0 Å². The summed E-state index contributed by atoms with van der Waals surface area (Å²) in [5.74, 6) is 0.676. The predicted octanol–water partition coefficient (Wildman–Crippen LogP) is 11.8. The monoisotopic (exact) mass is 635 g/mol. The highest BCUT2D eigenvalue weighted by Crippen LogP contribution is 2.50. The molecular weight excluding hydrogens is 605 g/mol. The molecule has 3 heterocycles. The Balaban J connectivity index is 1.14. The van der Waals surface area contributed by atoms with Gasteiger partial charge >= 0.3 is 0 Å². The third-order valence-corrected chi connectivity index (χ3v) is 10.1. The Morgan fingerprint density at radius 2 is 1.15 bits per heavy atom. The molecule has 0 bridgehead atoms. The highest BCUT2D eigenvalue weighted by molar-refractivity contribution is 7.25. The number of hydrogen-bond donors (Lipinski definition) is 0. The van der Waals surface area contributed by atoms with Crippen molar-refractivity contribution in [3.05, 3.63) is 158 Å². The van der Waals surface area contributed by atoms with Gasteiger partial charge in [0.05, 0.1) is 18.2 Å². The van der Waals surface area contributed by atoms with E-state index < -0.39 is 18.1 Å². The molecular formula is C43H26N4S. The second-order valence-corrected chi connectivity index (χ2v) is 12.8. The first kappa shape index (κ1) is 22.4. The molecule has 5 heteroatoms. The average molecular weight is 636 g/mol. The first-order chi connectivity index (χ1) is 25.9. The van der Waals surface area contributed by atoms with E-state index in [0.29, 0.717) is 17.2 Å². The molecule has 0 unspecified atom stereocenters. The number of fused-ring (bicyclic) bond motifs is 5. The van der Waals surface area contributed by atoms with E-state index in [2.05, 4.69) is 83.8 Å². The summed E-state index contributed by atoms with van der Waals surface area (Å²) in [6, 6.07) is 41.4. The van der Waals surface area contributed by atoms with Gasteiger partial charge in [-0.2, -0.15) is 0 Å². The smallest absolute Gasteiger partial charge is 0.164 e. The lowest BCUT2D eigenvalue weighted by Crippen LogP contribution is -2.14. The van der Waals surface area contributed by atoms with Gasteiger partial charge in [0.25, 0.3) is 0 Å². The zero-order chi connectivity index (χ0) is 36.0. The van der Waals surface area contributed by atoms with E-state index >= 15 is 0 Å². The van der Waals surface area contributed by atoms with E-state index in [-0.39, 0.29) is 23.5 Å². The summed E-state index contributed by atoms with van der Waals surface area (Å²) in [4.78, 5) is 16.7. The summed E-state index contributed by atoms with van der Waals surface area (Å²) in [5.41, 5.74) is 6.83. The standard InChI is InChI=1S/C43H26N4S/c1-2-10-28(11-3-1)41-44-42(46-43(45-41)30-22-25-34-33-15-5-7-19-38(33)48-39(34)26-30)29-20-23-31(24-21-29)47-36-17-6-4-14-32(36)35-16-8-12-27-13-9-18-37(47)40(27)35/h1-26H/i1D,2D,3D,10D,11D. The molecule has 9 aromatic rings. The normalized spacial score (nSPS) is 13.6. The molecule has 0 aliphatic carbocycles. The maximum atomic E-state index is 8.72. The summed E-state index contributed by atoms with van der Waals surface area (Å²) >= 11 is 1.68. The van der Waals surface area contributed by atoms with Gasteiger partial charge in [-0.15, -0.1) is 11.3 Å². The molecule has 2 aromatic heterocycles. The molecule has 0 amide bonds. The van der Waals surface area contributed by atoms with Crippen molar-refractivity contribution in [3.63, 3.8) is 0 Å². The van der Waals surface area contributed by atoms with Gasteiger partial charge in [0.15, 0.2) is 17.5 Å². The van der Waals surface area contributed by atoms with Gasteiger partial charge in [0.2, 0.25) is 0 Å². The molecule has 48 heavy (non-hydrogen) atoms. The number of nitrogens with zero attached hydrogens (tertiary/aromatic N) is 4. The molecule has 4 nitrogen and oxygen atoms in total. The summed E-state index contributed by atoms with van der Waals surface area (Å²) in [6.07, 6.45) is 0. The van der Waals surface area contributed by atoms with Crippen LogP contribution in [-0.4, -0.2) is 15.0 Å². The number of para-hydroxylation sites is 1. The molecule has 0 N–H and O–H groups in total. The van der Waals surface area contributed by atoms with Crippen LogP contribution in [0.3, 0.4) is 0 Å². The van der Waals surface area contributed by atoms with Crippen molar-refractivity contribution < 1.29 is 6.85 Å². The lowest BCUT2D eigenvalue weighted by molar-refractivity contribution is 1.07. The molecule has 0 atom stereocenters. The fourth-order valence-electron chi connectivity index (χ4n) is 6.77. The van der Waals surface area contributed by atoms with Crippen LogP contribution in [0.1, 0.15) is 6.85 Å². The number of thiophene rings is 1. The van der Waals surface area contributed by atoms with Crippen molar-refractivity contribution in [2.24, 2.45) is 0 Å². The largest absolute Gasteiger partial charge is 0.309 e. The van der Waals surface area contributed by atoms with Crippen LogP contribution >= 0.6 is 11.3 Å². The van der Waals surface area contributed by atoms with E-state index in [1.165, 1.54) is 26.4 Å². The average Bonchev–Trinajstić information content (AvgIpc) is 3.58. The fraction of sp³-hybridized carbons (Fsp3) is 0. The molecule has 1 aliphatic rings. The molecule has 10 rings (SSSR count). The van der Waals surface area contributed by atoms with Gasteiger partial charge in [-0.1, -0.05) is 109 Å². The Hall–Kier alpha value is -6.17. The van der Waals surface area contributed by atoms with Crippen molar-refractivity contribution >= 4 is 59.3 Å².